The number of ether oxygens (including phenoxy) is 1. The molecule has 0 amide bonds. The predicted octanol–water partition coefficient (Wildman–Crippen LogP) is 1.04. The molecule has 82 valence electrons. The Hall–Kier alpha value is -1.55. The standard InChI is InChI=1S/C11H15NO3/c1-11(12,10(13)14)7-8-5-3-4-6-9(8)15-2/h3-6H,7,12H2,1-2H3,(H,13,14)/t11-/m0/s1. The van der Waals surface area contributed by atoms with Gasteiger partial charge in [-0.05, 0) is 18.6 Å². The van der Waals surface area contributed by atoms with Crippen LogP contribution in [0.15, 0.2) is 24.3 Å². The van der Waals surface area contributed by atoms with Gasteiger partial charge in [0, 0.05) is 6.42 Å². The Morgan fingerprint density at radius 2 is 2.13 bits per heavy atom. The third kappa shape index (κ3) is 2.70. The molecule has 4 nitrogen and oxygen atoms in total. The molecule has 15 heavy (non-hydrogen) atoms. The molecule has 0 aliphatic carbocycles. The van der Waals surface area contributed by atoms with E-state index in [4.69, 9.17) is 15.6 Å². The van der Waals surface area contributed by atoms with Crippen LogP contribution < -0.4 is 10.5 Å². The fourth-order valence-corrected chi connectivity index (χ4v) is 1.32. The van der Waals surface area contributed by atoms with E-state index in [1.807, 2.05) is 18.2 Å². The number of carbonyl (C=O) groups is 1. The second-order valence-corrected chi connectivity index (χ2v) is 3.71. The molecular formula is C11H15NO3. The van der Waals surface area contributed by atoms with Gasteiger partial charge in [0.25, 0.3) is 0 Å². The van der Waals surface area contributed by atoms with E-state index >= 15 is 0 Å². The van der Waals surface area contributed by atoms with Gasteiger partial charge in [0.1, 0.15) is 11.3 Å². The number of benzene rings is 1. The molecule has 0 aliphatic rings. The largest absolute Gasteiger partial charge is 0.496 e. The highest BCUT2D eigenvalue weighted by Crippen LogP contribution is 2.21. The predicted molar refractivity (Wildman–Crippen MR) is 56.9 cm³/mol. The number of hydrogen-bond donors (Lipinski definition) is 2. The van der Waals surface area contributed by atoms with Crippen LogP contribution >= 0.6 is 0 Å². The number of carboxylic acid groups (broad SMARTS) is 1. The maximum Gasteiger partial charge on any atom is 0.323 e. The van der Waals surface area contributed by atoms with Gasteiger partial charge < -0.3 is 15.6 Å². The van der Waals surface area contributed by atoms with Gasteiger partial charge in [-0.2, -0.15) is 0 Å². The van der Waals surface area contributed by atoms with Gasteiger partial charge in [0.15, 0.2) is 0 Å². The highest BCUT2D eigenvalue weighted by molar-refractivity contribution is 5.78. The molecule has 0 heterocycles. The van der Waals surface area contributed by atoms with E-state index < -0.39 is 11.5 Å². The molecule has 1 rings (SSSR count). The molecule has 0 unspecified atom stereocenters. The Kier molecular flexibility index (Phi) is 3.31. The van der Waals surface area contributed by atoms with E-state index in [1.165, 1.54) is 6.92 Å². The van der Waals surface area contributed by atoms with Crippen LogP contribution in [-0.2, 0) is 11.2 Å². The van der Waals surface area contributed by atoms with E-state index in [0.29, 0.717) is 5.75 Å². The van der Waals surface area contributed by atoms with Crippen LogP contribution in [0.1, 0.15) is 12.5 Å². The molecule has 4 heteroatoms. The second-order valence-electron chi connectivity index (χ2n) is 3.71. The summed E-state index contributed by atoms with van der Waals surface area (Å²) in [6, 6.07) is 7.26. The summed E-state index contributed by atoms with van der Waals surface area (Å²) < 4.78 is 5.12. The lowest BCUT2D eigenvalue weighted by molar-refractivity contribution is -0.142. The van der Waals surface area contributed by atoms with Crippen molar-refractivity contribution < 1.29 is 14.6 Å². The molecule has 0 aliphatic heterocycles. The molecule has 0 spiro atoms. The molecule has 0 bridgehead atoms. The number of methoxy groups -OCH3 is 1. The maximum atomic E-state index is 10.9. The lowest BCUT2D eigenvalue weighted by atomic mass is 9.93. The minimum atomic E-state index is -1.27. The smallest absolute Gasteiger partial charge is 0.323 e. The van der Waals surface area contributed by atoms with Crippen molar-refractivity contribution in [2.75, 3.05) is 7.11 Å². The molecule has 0 saturated heterocycles. The van der Waals surface area contributed by atoms with Crippen molar-refractivity contribution in [3.05, 3.63) is 29.8 Å². The van der Waals surface area contributed by atoms with Crippen molar-refractivity contribution in [2.45, 2.75) is 18.9 Å². The number of para-hydroxylation sites is 1. The highest BCUT2D eigenvalue weighted by atomic mass is 16.5. The van der Waals surface area contributed by atoms with E-state index in [2.05, 4.69) is 0 Å². The van der Waals surface area contributed by atoms with Gasteiger partial charge in [0.2, 0.25) is 0 Å². The van der Waals surface area contributed by atoms with Gasteiger partial charge in [-0.15, -0.1) is 0 Å². The number of aliphatic carboxylic acids is 1. The summed E-state index contributed by atoms with van der Waals surface area (Å²) in [5.74, 6) is -0.358. The number of rotatable bonds is 4. The first-order valence-corrected chi connectivity index (χ1v) is 4.61. The van der Waals surface area contributed by atoms with Crippen LogP contribution in [0.2, 0.25) is 0 Å². The SMILES string of the molecule is COc1ccccc1C[C@](C)(N)C(=O)O. The van der Waals surface area contributed by atoms with Crippen LogP contribution in [-0.4, -0.2) is 23.7 Å². The first-order chi connectivity index (χ1) is 6.97. The van der Waals surface area contributed by atoms with Gasteiger partial charge >= 0.3 is 5.97 Å². The lowest BCUT2D eigenvalue weighted by Gasteiger charge is -2.20. The van der Waals surface area contributed by atoms with Gasteiger partial charge in [0.05, 0.1) is 7.11 Å². The zero-order valence-electron chi connectivity index (χ0n) is 8.86. The summed E-state index contributed by atoms with van der Waals surface area (Å²) in [4.78, 5) is 10.9. The zero-order chi connectivity index (χ0) is 11.5. The molecule has 0 aromatic heterocycles. The molecule has 1 atom stereocenters. The Balaban J connectivity index is 2.94. The first-order valence-electron chi connectivity index (χ1n) is 4.61. The van der Waals surface area contributed by atoms with E-state index in [1.54, 1.807) is 13.2 Å². The summed E-state index contributed by atoms with van der Waals surface area (Å²) in [5, 5.41) is 8.90. The molecular weight excluding hydrogens is 194 g/mol. The minimum absolute atomic E-state index is 0.242. The van der Waals surface area contributed by atoms with Gasteiger partial charge in [-0.1, -0.05) is 18.2 Å². The normalized spacial score (nSPS) is 14.3. The summed E-state index contributed by atoms with van der Waals surface area (Å²) in [6.07, 6.45) is 0.242. The van der Waals surface area contributed by atoms with Crippen molar-refractivity contribution in [1.29, 1.82) is 0 Å². The molecule has 1 aromatic carbocycles. The van der Waals surface area contributed by atoms with E-state index in [0.717, 1.165) is 5.56 Å². The third-order valence-electron chi connectivity index (χ3n) is 2.24. The Morgan fingerprint density at radius 3 is 2.67 bits per heavy atom. The van der Waals surface area contributed by atoms with Gasteiger partial charge in [-0.25, -0.2) is 0 Å². The first kappa shape index (κ1) is 11.5. The van der Waals surface area contributed by atoms with E-state index in [9.17, 15) is 4.79 Å². The molecule has 0 saturated carbocycles. The number of hydrogen-bond acceptors (Lipinski definition) is 3. The fourth-order valence-electron chi connectivity index (χ4n) is 1.32. The average molecular weight is 209 g/mol. The van der Waals surface area contributed by atoms with Crippen molar-refractivity contribution in [3.8, 4) is 5.75 Å². The summed E-state index contributed by atoms with van der Waals surface area (Å²) in [5.41, 5.74) is 5.19. The molecule has 0 fully saturated rings. The Bertz CT molecular complexity index is 361. The molecule has 0 radical (unpaired) electrons. The Labute approximate surface area is 88.7 Å². The zero-order valence-corrected chi connectivity index (χ0v) is 8.86. The summed E-state index contributed by atoms with van der Waals surface area (Å²) >= 11 is 0. The second kappa shape index (κ2) is 4.31. The molecule has 1 aromatic rings. The average Bonchev–Trinajstić information content (AvgIpc) is 2.18. The van der Waals surface area contributed by atoms with Crippen LogP contribution in [0, 0.1) is 0 Å². The minimum Gasteiger partial charge on any atom is -0.496 e. The van der Waals surface area contributed by atoms with Gasteiger partial charge in [-0.3, -0.25) is 4.79 Å². The van der Waals surface area contributed by atoms with Crippen molar-refractivity contribution in [2.24, 2.45) is 5.73 Å². The van der Waals surface area contributed by atoms with Crippen LogP contribution in [0.3, 0.4) is 0 Å². The fraction of sp³-hybridized carbons (Fsp3) is 0.364. The quantitative estimate of drug-likeness (QED) is 0.777. The number of nitrogens with two attached hydrogens (primary N) is 1. The maximum absolute atomic E-state index is 10.9. The summed E-state index contributed by atoms with van der Waals surface area (Å²) in [6.45, 7) is 1.49. The topological polar surface area (TPSA) is 72.5 Å². The van der Waals surface area contributed by atoms with Crippen LogP contribution in [0.5, 0.6) is 5.75 Å². The lowest BCUT2D eigenvalue weighted by Crippen LogP contribution is -2.46. The monoisotopic (exact) mass is 209 g/mol. The van der Waals surface area contributed by atoms with Crippen LogP contribution in [0.4, 0.5) is 0 Å². The van der Waals surface area contributed by atoms with Crippen molar-refractivity contribution in [1.82, 2.24) is 0 Å². The van der Waals surface area contributed by atoms with Crippen LogP contribution in [0.25, 0.3) is 0 Å². The third-order valence-corrected chi connectivity index (χ3v) is 2.24. The Morgan fingerprint density at radius 1 is 1.53 bits per heavy atom. The van der Waals surface area contributed by atoms with Crippen molar-refractivity contribution in [3.63, 3.8) is 0 Å². The highest BCUT2D eigenvalue weighted by Gasteiger charge is 2.29. The number of carboxylic acids is 1. The van der Waals surface area contributed by atoms with E-state index in [-0.39, 0.29) is 6.42 Å². The summed E-state index contributed by atoms with van der Waals surface area (Å²) in [7, 11) is 1.55. The van der Waals surface area contributed by atoms with Crippen molar-refractivity contribution >= 4 is 5.97 Å². The molecule has 3 N–H and O–H groups in total.